The Hall–Kier alpha value is -2.38. The third kappa shape index (κ3) is 3.44. The molecular weight excluding hydrogens is 362 g/mol. The molecule has 0 bridgehead atoms. The summed E-state index contributed by atoms with van der Waals surface area (Å²) in [5.74, 6) is 0.0497. The molecule has 0 atom stereocenters. The minimum absolute atomic E-state index is 0.0497. The number of carbonyl (C=O) groups is 1. The molecule has 1 fully saturated rings. The second-order valence-corrected chi connectivity index (χ2v) is 8.92. The van der Waals surface area contributed by atoms with E-state index in [0.29, 0.717) is 35.7 Å². The highest BCUT2D eigenvalue weighted by Gasteiger charge is 2.33. The standard InChI is InChI=1S/C20H21N3O3S/c1-14(24)10-17-11-15(6-7-21-17)16-12-18-19(22-13-16)4-5-20(18)27(25,26)23-8-2-3-9-23/h5-7,11-13H,2-4,8-10H2,1H3. The predicted molar refractivity (Wildman–Crippen MR) is 103 cm³/mol. The van der Waals surface area contributed by atoms with Crippen LogP contribution in [-0.4, -0.2) is 41.6 Å². The molecule has 2 aromatic rings. The molecule has 27 heavy (non-hydrogen) atoms. The van der Waals surface area contributed by atoms with Crippen LogP contribution < -0.4 is 0 Å². The zero-order valence-corrected chi connectivity index (χ0v) is 16.0. The van der Waals surface area contributed by atoms with E-state index < -0.39 is 10.0 Å². The Morgan fingerprint density at radius 3 is 2.67 bits per heavy atom. The first kappa shape index (κ1) is 18.0. The van der Waals surface area contributed by atoms with E-state index in [4.69, 9.17) is 0 Å². The fourth-order valence-corrected chi connectivity index (χ4v) is 5.41. The summed E-state index contributed by atoms with van der Waals surface area (Å²) in [5, 5.41) is 0. The first-order valence-corrected chi connectivity index (χ1v) is 10.5. The normalized spacial score (nSPS) is 17.0. The quantitative estimate of drug-likeness (QED) is 0.793. The van der Waals surface area contributed by atoms with Crippen LogP contribution in [0.25, 0.3) is 16.0 Å². The lowest BCUT2D eigenvalue weighted by Crippen LogP contribution is -2.28. The average molecular weight is 383 g/mol. The highest BCUT2D eigenvalue weighted by molar-refractivity contribution is 7.98. The number of nitrogens with zero attached hydrogens (tertiary/aromatic N) is 3. The largest absolute Gasteiger partial charge is 0.300 e. The lowest BCUT2D eigenvalue weighted by atomic mass is 10.0. The van der Waals surface area contributed by atoms with Gasteiger partial charge in [0.1, 0.15) is 5.78 Å². The van der Waals surface area contributed by atoms with Gasteiger partial charge in [-0.2, -0.15) is 4.31 Å². The van der Waals surface area contributed by atoms with E-state index in [2.05, 4.69) is 9.97 Å². The fourth-order valence-electron chi connectivity index (χ4n) is 3.65. The van der Waals surface area contributed by atoms with Crippen LogP contribution in [0.4, 0.5) is 0 Å². The van der Waals surface area contributed by atoms with Crippen LogP contribution in [-0.2, 0) is 27.7 Å². The molecule has 2 aromatic heterocycles. The molecule has 1 saturated heterocycles. The smallest absolute Gasteiger partial charge is 0.243 e. The van der Waals surface area contributed by atoms with Gasteiger partial charge in [0.2, 0.25) is 10.0 Å². The number of carbonyl (C=O) groups excluding carboxylic acids is 1. The van der Waals surface area contributed by atoms with E-state index >= 15 is 0 Å². The number of fused-ring (bicyclic) bond motifs is 1. The first-order valence-electron chi connectivity index (χ1n) is 9.09. The molecule has 0 N–H and O–H groups in total. The molecule has 0 aromatic carbocycles. The summed E-state index contributed by atoms with van der Waals surface area (Å²) >= 11 is 0. The SMILES string of the molecule is CC(=O)Cc1cc(-c2cnc3c(c2)C(S(=O)(=O)N2CCCC2)=CC3)ccn1. The summed E-state index contributed by atoms with van der Waals surface area (Å²) in [5.41, 5.74) is 3.87. The van der Waals surface area contributed by atoms with Gasteiger partial charge in [-0.15, -0.1) is 0 Å². The molecule has 1 aliphatic carbocycles. The third-order valence-corrected chi connectivity index (χ3v) is 6.97. The summed E-state index contributed by atoms with van der Waals surface area (Å²) in [6.45, 7) is 2.70. The number of pyridine rings is 2. The number of rotatable bonds is 5. The third-order valence-electron chi connectivity index (χ3n) is 4.98. The second kappa shape index (κ2) is 6.98. The van der Waals surface area contributed by atoms with Gasteiger partial charge in [0.15, 0.2) is 0 Å². The molecule has 0 unspecified atom stereocenters. The van der Waals surface area contributed by atoms with Gasteiger partial charge in [-0.3, -0.25) is 14.8 Å². The summed E-state index contributed by atoms with van der Waals surface area (Å²) in [7, 11) is -3.48. The molecule has 2 aliphatic rings. The zero-order chi connectivity index (χ0) is 19.0. The summed E-state index contributed by atoms with van der Waals surface area (Å²) in [4.78, 5) is 20.5. The molecule has 140 valence electrons. The minimum Gasteiger partial charge on any atom is -0.300 e. The number of aromatic nitrogens is 2. The summed E-state index contributed by atoms with van der Waals surface area (Å²) in [6.07, 6.45) is 7.82. The number of hydrogen-bond acceptors (Lipinski definition) is 5. The Morgan fingerprint density at radius 2 is 1.93 bits per heavy atom. The van der Waals surface area contributed by atoms with Gasteiger partial charge < -0.3 is 0 Å². The van der Waals surface area contributed by atoms with Crippen molar-refractivity contribution >= 4 is 20.7 Å². The number of allylic oxidation sites excluding steroid dienone is 1. The van der Waals surface area contributed by atoms with Gasteiger partial charge in [0.05, 0.1) is 10.6 Å². The Bertz CT molecular complexity index is 1040. The molecule has 1 aliphatic heterocycles. The molecule has 0 saturated carbocycles. The van der Waals surface area contributed by atoms with E-state index in [1.54, 1.807) is 22.8 Å². The average Bonchev–Trinajstić information content (AvgIpc) is 3.31. The Morgan fingerprint density at radius 1 is 1.15 bits per heavy atom. The lowest BCUT2D eigenvalue weighted by Gasteiger charge is -2.17. The second-order valence-electron chi connectivity index (χ2n) is 7.02. The topological polar surface area (TPSA) is 80.2 Å². The molecule has 0 spiro atoms. The van der Waals surface area contributed by atoms with Crippen LogP contribution >= 0.6 is 0 Å². The van der Waals surface area contributed by atoms with Crippen LogP contribution in [0.3, 0.4) is 0 Å². The molecular formula is C20H21N3O3S. The minimum atomic E-state index is -3.48. The number of ketones is 1. The van der Waals surface area contributed by atoms with E-state index in [1.165, 1.54) is 6.92 Å². The highest BCUT2D eigenvalue weighted by atomic mass is 32.2. The molecule has 0 amide bonds. The van der Waals surface area contributed by atoms with Crippen LogP contribution in [0.1, 0.15) is 36.7 Å². The molecule has 3 heterocycles. The van der Waals surface area contributed by atoms with Crippen molar-refractivity contribution in [2.75, 3.05) is 13.1 Å². The first-order chi connectivity index (χ1) is 12.9. The summed E-state index contributed by atoms with van der Waals surface area (Å²) in [6, 6.07) is 5.60. The number of hydrogen-bond donors (Lipinski definition) is 0. The zero-order valence-electron chi connectivity index (χ0n) is 15.2. The van der Waals surface area contributed by atoms with E-state index in [1.807, 2.05) is 18.2 Å². The Labute approximate surface area is 159 Å². The number of Topliss-reactive ketones (excluding diaryl/α,β-unsaturated/α-hetero) is 1. The van der Waals surface area contributed by atoms with E-state index in [9.17, 15) is 13.2 Å². The Kier molecular flexibility index (Phi) is 4.65. The van der Waals surface area contributed by atoms with Crippen LogP contribution in [0.5, 0.6) is 0 Å². The van der Waals surface area contributed by atoms with Crippen LogP contribution in [0.2, 0.25) is 0 Å². The van der Waals surface area contributed by atoms with Gasteiger partial charge in [0, 0.05) is 55.1 Å². The summed E-state index contributed by atoms with van der Waals surface area (Å²) < 4.78 is 27.6. The molecule has 7 heteroatoms. The fraction of sp³-hybridized carbons (Fsp3) is 0.350. The van der Waals surface area contributed by atoms with Gasteiger partial charge in [-0.1, -0.05) is 6.08 Å². The van der Waals surface area contributed by atoms with Crippen molar-refractivity contribution in [3.05, 3.63) is 53.6 Å². The molecule has 0 radical (unpaired) electrons. The molecule has 4 rings (SSSR count). The maximum Gasteiger partial charge on any atom is 0.243 e. The predicted octanol–water partition coefficient (Wildman–Crippen LogP) is 2.60. The van der Waals surface area contributed by atoms with Gasteiger partial charge in [-0.25, -0.2) is 8.42 Å². The van der Waals surface area contributed by atoms with Crippen molar-refractivity contribution in [3.63, 3.8) is 0 Å². The Balaban J connectivity index is 1.70. The van der Waals surface area contributed by atoms with Crippen LogP contribution in [0.15, 0.2) is 36.7 Å². The van der Waals surface area contributed by atoms with Crippen molar-refractivity contribution in [2.45, 2.75) is 32.6 Å². The lowest BCUT2D eigenvalue weighted by molar-refractivity contribution is -0.116. The van der Waals surface area contributed by atoms with E-state index in [0.717, 1.165) is 29.7 Å². The molecule has 6 nitrogen and oxygen atoms in total. The van der Waals surface area contributed by atoms with Gasteiger partial charge in [0.25, 0.3) is 0 Å². The maximum atomic E-state index is 13.0. The number of sulfonamides is 1. The van der Waals surface area contributed by atoms with Crippen LogP contribution in [0, 0.1) is 0 Å². The highest BCUT2D eigenvalue weighted by Crippen LogP contribution is 2.36. The van der Waals surface area contributed by atoms with Crippen molar-refractivity contribution in [1.29, 1.82) is 0 Å². The van der Waals surface area contributed by atoms with E-state index in [-0.39, 0.29) is 12.2 Å². The maximum absolute atomic E-state index is 13.0. The van der Waals surface area contributed by atoms with Crippen molar-refractivity contribution in [3.8, 4) is 11.1 Å². The monoisotopic (exact) mass is 383 g/mol. The van der Waals surface area contributed by atoms with Crippen molar-refractivity contribution in [2.24, 2.45) is 0 Å². The van der Waals surface area contributed by atoms with Gasteiger partial charge in [-0.05, 0) is 43.5 Å². The van der Waals surface area contributed by atoms with Crippen molar-refractivity contribution in [1.82, 2.24) is 14.3 Å². The van der Waals surface area contributed by atoms with Gasteiger partial charge >= 0.3 is 0 Å². The van der Waals surface area contributed by atoms with Crippen molar-refractivity contribution < 1.29 is 13.2 Å².